The summed E-state index contributed by atoms with van der Waals surface area (Å²) in [6.45, 7) is 5.00. The standard InChI is InChI=1S/C32H33NO3/c1-22(27-15-9-12-24-11-4-5-14-28(24)27)10-8-13-26-21-33(30-16-6-7-17-31(30)36-26)25-19-18-23(2)29(20-25)32(34)35-3/h4-7,9,11-12,14-20,22,26H,8,10,13,21H2,1-3H3/t22-,26?/m1/s1. The number of anilines is 2. The molecule has 5 rings (SSSR count). The third-order valence-electron chi connectivity index (χ3n) is 7.29. The van der Waals surface area contributed by atoms with E-state index in [2.05, 4.69) is 66.4 Å². The molecule has 4 nitrogen and oxygen atoms in total. The van der Waals surface area contributed by atoms with Crippen molar-refractivity contribution in [2.24, 2.45) is 0 Å². The van der Waals surface area contributed by atoms with E-state index in [1.807, 2.05) is 37.3 Å². The molecule has 0 fully saturated rings. The highest BCUT2D eigenvalue weighted by molar-refractivity contribution is 5.92. The van der Waals surface area contributed by atoms with Gasteiger partial charge in [-0.25, -0.2) is 4.79 Å². The van der Waals surface area contributed by atoms with E-state index in [1.165, 1.54) is 23.4 Å². The number of ether oxygens (including phenoxy) is 2. The van der Waals surface area contributed by atoms with E-state index in [1.54, 1.807) is 0 Å². The van der Waals surface area contributed by atoms with Gasteiger partial charge in [0.2, 0.25) is 0 Å². The monoisotopic (exact) mass is 479 g/mol. The highest BCUT2D eigenvalue weighted by atomic mass is 16.5. The zero-order valence-electron chi connectivity index (χ0n) is 21.2. The predicted molar refractivity (Wildman–Crippen MR) is 147 cm³/mol. The molecule has 2 atom stereocenters. The molecule has 1 heterocycles. The number of aryl methyl sites for hydroxylation is 1. The summed E-state index contributed by atoms with van der Waals surface area (Å²) in [6, 6.07) is 29.4. The Morgan fingerprint density at radius 1 is 1.03 bits per heavy atom. The first-order valence-corrected chi connectivity index (χ1v) is 12.7. The van der Waals surface area contributed by atoms with Gasteiger partial charge in [0.15, 0.2) is 0 Å². The summed E-state index contributed by atoms with van der Waals surface area (Å²) in [6.07, 6.45) is 3.22. The number of carbonyl (C=O) groups excluding carboxylic acids is 1. The van der Waals surface area contributed by atoms with Gasteiger partial charge in [0.05, 0.1) is 24.9 Å². The molecular weight excluding hydrogens is 446 g/mol. The molecule has 1 aliphatic heterocycles. The molecule has 0 radical (unpaired) electrons. The number of esters is 1. The number of para-hydroxylation sites is 2. The van der Waals surface area contributed by atoms with Gasteiger partial charge in [-0.15, -0.1) is 0 Å². The summed E-state index contributed by atoms with van der Waals surface area (Å²) >= 11 is 0. The lowest BCUT2D eigenvalue weighted by molar-refractivity contribution is 0.0600. The van der Waals surface area contributed by atoms with Crippen LogP contribution in [0.2, 0.25) is 0 Å². The molecule has 1 unspecified atom stereocenters. The van der Waals surface area contributed by atoms with Gasteiger partial charge in [-0.3, -0.25) is 0 Å². The lowest BCUT2D eigenvalue weighted by atomic mass is 9.90. The number of nitrogens with zero attached hydrogens (tertiary/aromatic N) is 1. The molecule has 0 bridgehead atoms. The summed E-state index contributed by atoms with van der Waals surface area (Å²) in [7, 11) is 1.42. The van der Waals surface area contributed by atoms with Crippen LogP contribution in [0.3, 0.4) is 0 Å². The summed E-state index contributed by atoms with van der Waals surface area (Å²) < 4.78 is 11.4. The van der Waals surface area contributed by atoms with Crippen LogP contribution in [0.15, 0.2) is 84.9 Å². The first-order valence-electron chi connectivity index (χ1n) is 12.7. The van der Waals surface area contributed by atoms with Crippen molar-refractivity contribution >= 4 is 28.1 Å². The molecule has 184 valence electrons. The van der Waals surface area contributed by atoms with E-state index < -0.39 is 0 Å². The summed E-state index contributed by atoms with van der Waals surface area (Å²) in [5, 5.41) is 2.65. The molecular formula is C32H33NO3. The fourth-order valence-electron chi connectivity index (χ4n) is 5.29. The predicted octanol–water partition coefficient (Wildman–Crippen LogP) is 7.81. The normalized spacial score (nSPS) is 15.8. The average Bonchev–Trinajstić information content (AvgIpc) is 2.92. The van der Waals surface area contributed by atoms with Crippen molar-refractivity contribution in [3.05, 3.63) is 102 Å². The number of benzene rings is 4. The molecule has 0 N–H and O–H groups in total. The lowest BCUT2D eigenvalue weighted by Gasteiger charge is -2.36. The van der Waals surface area contributed by atoms with Crippen LogP contribution in [-0.4, -0.2) is 25.7 Å². The zero-order chi connectivity index (χ0) is 25.1. The number of methoxy groups -OCH3 is 1. The van der Waals surface area contributed by atoms with E-state index in [-0.39, 0.29) is 12.1 Å². The van der Waals surface area contributed by atoms with Crippen molar-refractivity contribution in [1.82, 2.24) is 0 Å². The number of rotatable bonds is 7. The minimum absolute atomic E-state index is 0.0718. The largest absolute Gasteiger partial charge is 0.486 e. The maximum atomic E-state index is 12.3. The van der Waals surface area contributed by atoms with Crippen molar-refractivity contribution in [2.75, 3.05) is 18.6 Å². The van der Waals surface area contributed by atoms with E-state index in [0.29, 0.717) is 11.5 Å². The highest BCUT2D eigenvalue weighted by Crippen LogP contribution is 2.39. The first kappa shape index (κ1) is 23.9. The Kier molecular flexibility index (Phi) is 6.95. The summed E-state index contributed by atoms with van der Waals surface area (Å²) in [5.41, 5.74) is 4.92. The van der Waals surface area contributed by atoms with E-state index in [4.69, 9.17) is 9.47 Å². The van der Waals surface area contributed by atoms with E-state index in [9.17, 15) is 4.79 Å². The first-order chi connectivity index (χ1) is 17.5. The van der Waals surface area contributed by atoms with Crippen LogP contribution in [0.5, 0.6) is 5.75 Å². The molecule has 0 aliphatic carbocycles. The summed E-state index contributed by atoms with van der Waals surface area (Å²) in [5.74, 6) is 1.05. The number of carbonyl (C=O) groups is 1. The van der Waals surface area contributed by atoms with E-state index >= 15 is 0 Å². The Bertz CT molecular complexity index is 1370. The van der Waals surface area contributed by atoms with Crippen molar-refractivity contribution < 1.29 is 14.3 Å². The SMILES string of the molecule is COC(=O)c1cc(N2CC(CCC[C@@H](C)c3cccc4ccccc34)Oc3ccccc32)ccc1C. The van der Waals surface area contributed by atoms with Crippen LogP contribution in [0.1, 0.15) is 53.6 Å². The molecule has 0 spiro atoms. The van der Waals surface area contributed by atoms with Gasteiger partial charge in [-0.2, -0.15) is 0 Å². The molecule has 36 heavy (non-hydrogen) atoms. The molecule has 0 saturated carbocycles. The van der Waals surface area contributed by atoms with Crippen molar-refractivity contribution in [3.8, 4) is 5.75 Å². The number of fused-ring (bicyclic) bond motifs is 2. The fourth-order valence-corrected chi connectivity index (χ4v) is 5.29. The fraction of sp³-hybridized carbons (Fsp3) is 0.281. The quantitative estimate of drug-likeness (QED) is 0.253. The van der Waals surface area contributed by atoms with Crippen LogP contribution in [0.25, 0.3) is 10.8 Å². The van der Waals surface area contributed by atoms with Crippen LogP contribution in [0.4, 0.5) is 11.4 Å². The van der Waals surface area contributed by atoms with Gasteiger partial charge in [-0.1, -0.05) is 67.6 Å². The second kappa shape index (κ2) is 10.4. The highest BCUT2D eigenvalue weighted by Gasteiger charge is 2.27. The zero-order valence-corrected chi connectivity index (χ0v) is 21.2. The molecule has 4 aromatic carbocycles. The molecule has 4 heteroatoms. The van der Waals surface area contributed by atoms with Gasteiger partial charge in [0.1, 0.15) is 11.9 Å². The minimum atomic E-state index is -0.310. The minimum Gasteiger partial charge on any atom is -0.486 e. The van der Waals surface area contributed by atoms with Crippen LogP contribution in [-0.2, 0) is 4.74 Å². The Morgan fingerprint density at radius 3 is 2.67 bits per heavy atom. The Balaban J connectivity index is 1.32. The van der Waals surface area contributed by atoms with Gasteiger partial charge >= 0.3 is 5.97 Å². The van der Waals surface area contributed by atoms with Crippen LogP contribution in [0, 0.1) is 6.92 Å². The lowest BCUT2D eigenvalue weighted by Crippen LogP contribution is -2.37. The van der Waals surface area contributed by atoms with Gasteiger partial charge in [0.25, 0.3) is 0 Å². The smallest absolute Gasteiger partial charge is 0.338 e. The van der Waals surface area contributed by atoms with Crippen molar-refractivity contribution in [3.63, 3.8) is 0 Å². The van der Waals surface area contributed by atoms with Crippen LogP contribution < -0.4 is 9.64 Å². The third-order valence-corrected chi connectivity index (χ3v) is 7.29. The van der Waals surface area contributed by atoms with Crippen molar-refractivity contribution in [2.45, 2.75) is 45.1 Å². The molecule has 0 saturated heterocycles. The topological polar surface area (TPSA) is 38.8 Å². The second-order valence-electron chi connectivity index (χ2n) is 9.71. The Labute approximate surface area is 213 Å². The molecule has 0 amide bonds. The van der Waals surface area contributed by atoms with Gasteiger partial charge in [-0.05, 0) is 78.3 Å². The maximum Gasteiger partial charge on any atom is 0.338 e. The second-order valence-corrected chi connectivity index (χ2v) is 9.71. The molecule has 0 aromatic heterocycles. The molecule has 1 aliphatic rings. The summed E-state index contributed by atoms with van der Waals surface area (Å²) in [4.78, 5) is 14.6. The number of hydrogen-bond donors (Lipinski definition) is 0. The van der Waals surface area contributed by atoms with Crippen molar-refractivity contribution in [1.29, 1.82) is 0 Å². The van der Waals surface area contributed by atoms with Crippen LogP contribution >= 0.6 is 0 Å². The van der Waals surface area contributed by atoms with E-state index in [0.717, 1.165) is 48.5 Å². The Hall–Kier alpha value is -3.79. The average molecular weight is 480 g/mol. The molecule has 4 aromatic rings. The van der Waals surface area contributed by atoms with Gasteiger partial charge in [0, 0.05) is 5.69 Å². The number of hydrogen-bond acceptors (Lipinski definition) is 4. The maximum absolute atomic E-state index is 12.3. The Morgan fingerprint density at radius 2 is 1.81 bits per heavy atom. The third kappa shape index (κ3) is 4.81. The van der Waals surface area contributed by atoms with Gasteiger partial charge < -0.3 is 14.4 Å².